The van der Waals surface area contributed by atoms with Crippen LogP contribution < -0.4 is 5.32 Å². The van der Waals surface area contributed by atoms with Crippen molar-refractivity contribution in [2.75, 3.05) is 26.0 Å². The third-order valence-electron chi connectivity index (χ3n) is 5.23. The zero-order chi connectivity index (χ0) is 24.3. The molecule has 1 N–H and O–H groups in total. The number of anilines is 1. The number of amides is 1. The molecule has 0 aliphatic heterocycles. The molecule has 174 valence electrons. The van der Waals surface area contributed by atoms with Crippen molar-refractivity contribution >= 4 is 27.6 Å². The molecule has 0 radical (unpaired) electrons. The van der Waals surface area contributed by atoms with Gasteiger partial charge in [0.15, 0.2) is 6.61 Å². The molecule has 3 aromatic rings. The molecule has 1 heterocycles. The average molecular weight is 470 g/mol. The molecule has 0 aliphatic carbocycles. The number of carbonyl (C=O) groups is 2. The smallest absolute Gasteiger partial charge is 0.338 e. The van der Waals surface area contributed by atoms with Crippen molar-refractivity contribution in [3.8, 4) is 5.69 Å². The molecule has 0 unspecified atom stereocenters. The molecule has 0 aliphatic rings. The lowest BCUT2D eigenvalue weighted by atomic mass is 10.2. The van der Waals surface area contributed by atoms with E-state index in [0.717, 1.165) is 21.4 Å². The molecule has 1 aromatic heterocycles. The number of nitrogens with one attached hydrogen (secondary N) is 1. The lowest BCUT2D eigenvalue weighted by molar-refractivity contribution is -0.119. The number of hydrogen-bond donors (Lipinski definition) is 1. The molecular weight excluding hydrogens is 442 g/mol. The van der Waals surface area contributed by atoms with Gasteiger partial charge in [0.1, 0.15) is 0 Å². The number of ether oxygens (including phenoxy) is 1. The fraction of sp³-hybridized carbons (Fsp3) is 0.250. The maximum atomic E-state index is 12.4. The summed E-state index contributed by atoms with van der Waals surface area (Å²) in [5.74, 6) is -1.20. The van der Waals surface area contributed by atoms with Gasteiger partial charge in [-0.1, -0.05) is 6.07 Å². The normalized spacial score (nSPS) is 11.5. The first kappa shape index (κ1) is 24.2. The van der Waals surface area contributed by atoms with Gasteiger partial charge < -0.3 is 14.6 Å². The summed E-state index contributed by atoms with van der Waals surface area (Å²) in [6.07, 6.45) is 0. The standard InChI is InChI=1S/C24H27N3O5S/c1-16-6-13-21(33(30,31)26(4)5)14-22(16)25-23(28)15-32-24(29)19-9-11-20(12-10-19)27-17(2)7-8-18(27)3/h6-14H,15H2,1-5H3,(H,25,28). The zero-order valence-electron chi connectivity index (χ0n) is 19.2. The number of esters is 1. The number of aromatic nitrogens is 1. The van der Waals surface area contributed by atoms with Crippen LogP contribution in [0.25, 0.3) is 5.69 Å². The number of aryl methyl sites for hydroxylation is 3. The quantitative estimate of drug-likeness (QED) is 0.535. The molecule has 8 nitrogen and oxygen atoms in total. The fourth-order valence-corrected chi connectivity index (χ4v) is 4.26. The van der Waals surface area contributed by atoms with E-state index in [1.807, 2.05) is 38.1 Å². The summed E-state index contributed by atoms with van der Waals surface area (Å²) in [7, 11) is -0.782. The Balaban J connectivity index is 1.64. The summed E-state index contributed by atoms with van der Waals surface area (Å²) in [5, 5.41) is 2.61. The van der Waals surface area contributed by atoms with Gasteiger partial charge >= 0.3 is 5.97 Å². The Morgan fingerprint density at radius 2 is 1.55 bits per heavy atom. The van der Waals surface area contributed by atoms with Gasteiger partial charge in [-0.2, -0.15) is 0 Å². The van der Waals surface area contributed by atoms with E-state index in [0.29, 0.717) is 16.8 Å². The van der Waals surface area contributed by atoms with Crippen LogP contribution in [0, 0.1) is 20.8 Å². The van der Waals surface area contributed by atoms with Crippen LogP contribution in [0.15, 0.2) is 59.5 Å². The Bertz CT molecular complexity index is 1270. The van der Waals surface area contributed by atoms with Gasteiger partial charge in [-0.3, -0.25) is 4.79 Å². The Labute approximate surface area is 193 Å². The first-order valence-electron chi connectivity index (χ1n) is 10.3. The van der Waals surface area contributed by atoms with Gasteiger partial charge in [0.25, 0.3) is 5.91 Å². The molecular formula is C24H27N3O5S. The van der Waals surface area contributed by atoms with Gasteiger partial charge in [0.2, 0.25) is 10.0 Å². The predicted octanol–water partition coefficient (Wildman–Crippen LogP) is 3.45. The van der Waals surface area contributed by atoms with E-state index < -0.39 is 28.5 Å². The molecule has 0 fully saturated rings. The minimum Gasteiger partial charge on any atom is -0.452 e. The van der Waals surface area contributed by atoms with Gasteiger partial charge in [-0.05, 0) is 74.9 Å². The van der Waals surface area contributed by atoms with Crippen molar-refractivity contribution in [3.63, 3.8) is 0 Å². The number of sulfonamides is 1. The zero-order valence-corrected chi connectivity index (χ0v) is 20.1. The van der Waals surface area contributed by atoms with E-state index in [4.69, 9.17) is 4.74 Å². The molecule has 2 aromatic carbocycles. The number of nitrogens with zero attached hydrogens (tertiary/aromatic N) is 2. The molecule has 0 saturated heterocycles. The van der Waals surface area contributed by atoms with Crippen molar-refractivity contribution < 1.29 is 22.7 Å². The van der Waals surface area contributed by atoms with Crippen molar-refractivity contribution in [3.05, 3.63) is 77.1 Å². The van der Waals surface area contributed by atoms with Crippen LogP contribution in [0.5, 0.6) is 0 Å². The Morgan fingerprint density at radius 3 is 2.12 bits per heavy atom. The molecule has 3 rings (SSSR count). The van der Waals surface area contributed by atoms with Crippen molar-refractivity contribution in [1.82, 2.24) is 8.87 Å². The molecule has 0 bridgehead atoms. The van der Waals surface area contributed by atoms with Gasteiger partial charge in [0, 0.05) is 36.9 Å². The van der Waals surface area contributed by atoms with E-state index in [2.05, 4.69) is 9.88 Å². The Morgan fingerprint density at radius 1 is 0.939 bits per heavy atom. The van der Waals surface area contributed by atoms with Crippen LogP contribution in [-0.2, 0) is 19.6 Å². The van der Waals surface area contributed by atoms with Crippen molar-refractivity contribution in [2.45, 2.75) is 25.7 Å². The summed E-state index contributed by atoms with van der Waals surface area (Å²) in [6, 6.07) is 15.4. The minimum atomic E-state index is -3.64. The van der Waals surface area contributed by atoms with Crippen LogP contribution in [0.3, 0.4) is 0 Å². The first-order chi connectivity index (χ1) is 15.5. The summed E-state index contributed by atoms with van der Waals surface area (Å²) in [5.41, 5.74) is 4.42. The number of benzene rings is 2. The van der Waals surface area contributed by atoms with Gasteiger partial charge in [0.05, 0.1) is 10.5 Å². The number of hydrogen-bond acceptors (Lipinski definition) is 5. The first-order valence-corrected chi connectivity index (χ1v) is 11.7. The second-order valence-electron chi connectivity index (χ2n) is 7.89. The fourth-order valence-electron chi connectivity index (χ4n) is 3.33. The van der Waals surface area contributed by atoms with E-state index in [1.54, 1.807) is 25.1 Å². The van der Waals surface area contributed by atoms with Gasteiger partial charge in [-0.15, -0.1) is 0 Å². The highest BCUT2D eigenvalue weighted by Crippen LogP contribution is 2.22. The third kappa shape index (κ3) is 5.32. The highest BCUT2D eigenvalue weighted by atomic mass is 32.2. The maximum Gasteiger partial charge on any atom is 0.338 e. The molecule has 1 amide bonds. The molecule has 9 heteroatoms. The second kappa shape index (κ2) is 9.60. The molecule has 0 saturated carbocycles. The SMILES string of the molecule is Cc1ccc(S(=O)(=O)N(C)C)cc1NC(=O)COC(=O)c1ccc(-n2c(C)ccc2C)cc1. The summed E-state index contributed by atoms with van der Waals surface area (Å²) >= 11 is 0. The van der Waals surface area contributed by atoms with E-state index in [9.17, 15) is 18.0 Å². The van der Waals surface area contributed by atoms with E-state index in [1.165, 1.54) is 26.2 Å². The molecule has 33 heavy (non-hydrogen) atoms. The van der Waals surface area contributed by atoms with Crippen LogP contribution in [0.4, 0.5) is 5.69 Å². The highest BCUT2D eigenvalue weighted by molar-refractivity contribution is 7.89. The summed E-state index contributed by atoms with van der Waals surface area (Å²) in [4.78, 5) is 24.7. The molecule has 0 atom stereocenters. The lowest BCUT2D eigenvalue weighted by Gasteiger charge is -2.14. The van der Waals surface area contributed by atoms with Crippen LogP contribution >= 0.6 is 0 Å². The summed E-state index contributed by atoms with van der Waals surface area (Å²) in [6.45, 7) is 5.24. The highest BCUT2D eigenvalue weighted by Gasteiger charge is 2.19. The van der Waals surface area contributed by atoms with Crippen LogP contribution in [0.2, 0.25) is 0 Å². The minimum absolute atomic E-state index is 0.0543. The lowest BCUT2D eigenvalue weighted by Crippen LogP contribution is -2.23. The topological polar surface area (TPSA) is 97.7 Å². The van der Waals surface area contributed by atoms with Crippen LogP contribution in [-0.4, -0.2) is 49.9 Å². The Kier molecular flexibility index (Phi) is 7.04. The van der Waals surface area contributed by atoms with Gasteiger partial charge in [-0.25, -0.2) is 17.5 Å². The van der Waals surface area contributed by atoms with Crippen molar-refractivity contribution in [1.29, 1.82) is 0 Å². The Hall–Kier alpha value is -3.43. The maximum absolute atomic E-state index is 12.4. The monoisotopic (exact) mass is 469 g/mol. The third-order valence-corrected chi connectivity index (χ3v) is 7.04. The van der Waals surface area contributed by atoms with Crippen molar-refractivity contribution in [2.24, 2.45) is 0 Å². The van der Waals surface area contributed by atoms with Crippen LogP contribution in [0.1, 0.15) is 27.3 Å². The predicted molar refractivity (Wildman–Crippen MR) is 126 cm³/mol. The average Bonchev–Trinajstić information content (AvgIpc) is 3.11. The summed E-state index contributed by atoms with van der Waals surface area (Å²) < 4.78 is 33.0. The molecule has 0 spiro atoms. The number of rotatable bonds is 7. The van der Waals surface area contributed by atoms with E-state index >= 15 is 0 Å². The number of carbonyl (C=O) groups excluding carboxylic acids is 2. The van der Waals surface area contributed by atoms with E-state index in [-0.39, 0.29) is 4.90 Å². The second-order valence-corrected chi connectivity index (χ2v) is 10.0. The largest absolute Gasteiger partial charge is 0.452 e.